The Morgan fingerprint density at radius 3 is 2.86 bits per heavy atom. The number of hydrogen-bond donors (Lipinski definition) is 1. The fraction of sp³-hybridized carbons (Fsp3) is 0.214. The molecule has 0 aliphatic heterocycles. The van der Waals surface area contributed by atoms with Crippen LogP contribution in [0.4, 0.5) is 15.9 Å². The van der Waals surface area contributed by atoms with Gasteiger partial charge in [-0.3, -0.25) is 0 Å². The van der Waals surface area contributed by atoms with Crippen LogP contribution in [-0.4, -0.2) is 19.5 Å². The van der Waals surface area contributed by atoms with E-state index in [1.807, 2.05) is 24.5 Å². The van der Waals surface area contributed by atoms with Crippen molar-refractivity contribution in [2.24, 2.45) is 0 Å². The topological polar surface area (TPSA) is 55.6 Å². The SMILES string of the molecule is CC(C)n1cnc2ccnc(Nc3cc(Cl)ncc3F)c21. The van der Waals surface area contributed by atoms with Gasteiger partial charge in [-0.1, -0.05) is 11.6 Å². The standard InChI is InChI=1S/C14H13ClFN5/c1-8(2)21-7-19-10-3-4-17-14(13(10)21)20-11-5-12(15)18-6-9(11)16/h3-8H,1-2H3,(H,17,18,20). The van der Waals surface area contributed by atoms with Crippen LogP contribution in [0, 0.1) is 5.82 Å². The average Bonchev–Trinajstić information content (AvgIpc) is 2.88. The summed E-state index contributed by atoms with van der Waals surface area (Å²) in [6.45, 7) is 4.09. The average molecular weight is 306 g/mol. The summed E-state index contributed by atoms with van der Waals surface area (Å²) in [5.41, 5.74) is 1.84. The minimum Gasteiger partial charge on any atom is -0.336 e. The van der Waals surface area contributed by atoms with Gasteiger partial charge in [-0.2, -0.15) is 0 Å². The van der Waals surface area contributed by atoms with E-state index in [1.165, 1.54) is 6.07 Å². The zero-order valence-corrected chi connectivity index (χ0v) is 12.3. The molecule has 108 valence electrons. The number of nitrogens with one attached hydrogen (secondary N) is 1. The Morgan fingerprint density at radius 2 is 2.10 bits per heavy atom. The molecule has 0 fully saturated rings. The Labute approximate surface area is 125 Å². The van der Waals surface area contributed by atoms with Crippen LogP contribution in [0.15, 0.2) is 30.9 Å². The zero-order chi connectivity index (χ0) is 15.0. The minimum absolute atomic E-state index is 0.212. The van der Waals surface area contributed by atoms with Crippen LogP contribution in [0.3, 0.4) is 0 Å². The van der Waals surface area contributed by atoms with Gasteiger partial charge >= 0.3 is 0 Å². The molecule has 0 aliphatic rings. The van der Waals surface area contributed by atoms with Crippen molar-refractivity contribution in [1.82, 2.24) is 19.5 Å². The molecule has 3 aromatic rings. The molecule has 0 saturated heterocycles. The lowest BCUT2D eigenvalue weighted by molar-refractivity contribution is 0.617. The first-order chi connectivity index (χ1) is 10.1. The summed E-state index contributed by atoms with van der Waals surface area (Å²) >= 11 is 5.81. The Balaban J connectivity index is 2.12. The number of anilines is 2. The molecule has 0 bridgehead atoms. The van der Waals surface area contributed by atoms with Crippen LogP contribution in [0.25, 0.3) is 11.0 Å². The van der Waals surface area contributed by atoms with Gasteiger partial charge in [0, 0.05) is 18.3 Å². The van der Waals surface area contributed by atoms with Crippen molar-refractivity contribution in [3.05, 3.63) is 41.8 Å². The van der Waals surface area contributed by atoms with Crippen molar-refractivity contribution < 1.29 is 4.39 Å². The number of fused-ring (bicyclic) bond motifs is 1. The molecule has 3 aromatic heterocycles. The van der Waals surface area contributed by atoms with Gasteiger partial charge in [-0.15, -0.1) is 0 Å². The first kappa shape index (κ1) is 13.8. The second kappa shape index (κ2) is 5.29. The predicted molar refractivity (Wildman–Crippen MR) is 80.4 cm³/mol. The van der Waals surface area contributed by atoms with E-state index >= 15 is 0 Å². The Bertz CT molecular complexity index is 799. The molecule has 0 atom stereocenters. The summed E-state index contributed by atoms with van der Waals surface area (Å²) < 4.78 is 15.8. The fourth-order valence-electron chi connectivity index (χ4n) is 2.10. The molecular formula is C14H13ClFN5. The van der Waals surface area contributed by atoms with Gasteiger partial charge in [0.25, 0.3) is 0 Å². The van der Waals surface area contributed by atoms with E-state index in [1.54, 1.807) is 12.5 Å². The summed E-state index contributed by atoms with van der Waals surface area (Å²) in [6.07, 6.45) is 4.45. The van der Waals surface area contributed by atoms with Crippen molar-refractivity contribution in [2.45, 2.75) is 19.9 Å². The largest absolute Gasteiger partial charge is 0.336 e. The maximum Gasteiger partial charge on any atom is 0.165 e. The highest BCUT2D eigenvalue weighted by Crippen LogP contribution is 2.27. The van der Waals surface area contributed by atoms with Crippen molar-refractivity contribution >= 4 is 34.1 Å². The van der Waals surface area contributed by atoms with Gasteiger partial charge in [0.1, 0.15) is 10.7 Å². The molecule has 0 saturated carbocycles. The maximum absolute atomic E-state index is 13.8. The second-order valence-electron chi connectivity index (χ2n) is 4.88. The van der Waals surface area contributed by atoms with Crippen molar-refractivity contribution in [3.8, 4) is 0 Å². The van der Waals surface area contributed by atoms with Gasteiger partial charge in [-0.05, 0) is 19.9 Å². The molecule has 0 aromatic carbocycles. The van der Waals surface area contributed by atoms with E-state index in [0.717, 1.165) is 17.2 Å². The van der Waals surface area contributed by atoms with E-state index in [2.05, 4.69) is 20.3 Å². The third kappa shape index (κ3) is 2.54. The summed E-state index contributed by atoms with van der Waals surface area (Å²) in [5.74, 6) is 0.0358. The van der Waals surface area contributed by atoms with Crippen LogP contribution in [0.2, 0.25) is 5.15 Å². The highest BCUT2D eigenvalue weighted by Gasteiger charge is 2.13. The van der Waals surface area contributed by atoms with Crippen molar-refractivity contribution in [2.75, 3.05) is 5.32 Å². The van der Waals surface area contributed by atoms with Crippen LogP contribution in [0.5, 0.6) is 0 Å². The number of halogens is 2. The monoisotopic (exact) mass is 305 g/mol. The first-order valence-electron chi connectivity index (χ1n) is 6.46. The fourth-order valence-corrected chi connectivity index (χ4v) is 2.26. The number of aromatic nitrogens is 4. The molecule has 3 heterocycles. The second-order valence-corrected chi connectivity index (χ2v) is 5.27. The molecule has 5 nitrogen and oxygen atoms in total. The number of pyridine rings is 2. The summed E-state index contributed by atoms with van der Waals surface area (Å²) in [4.78, 5) is 12.3. The molecular weight excluding hydrogens is 293 g/mol. The van der Waals surface area contributed by atoms with Crippen molar-refractivity contribution in [3.63, 3.8) is 0 Å². The van der Waals surface area contributed by atoms with Gasteiger partial charge in [0.05, 0.1) is 23.7 Å². The predicted octanol–water partition coefficient (Wildman–Crippen LogP) is 3.94. The normalized spacial score (nSPS) is 11.3. The third-order valence-corrected chi connectivity index (χ3v) is 3.32. The first-order valence-corrected chi connectivity index (χ1v) is 6.83. The number of imidazole rings is 1. The zero-order valence-electron chi connectivity index (χ0n) is 11.5. The molecule has 0 spiro atoms. The molecule has 0 unspecified atom stereocenters. The molecule has 21 heavy (non-hydrogen) atoms. The molecule has 0 amide bonds. The number of rotatable bonds is 3. The Hall–Kier alpha value is -2.21. The smallest absolute Gasteiger partial charge is 0.165 e. The van der Waals surface area contributed by atoms with Gasteiger partial charge in [0.2, 0.25) is 0 Å². The quantitative estimate of drug-likeness (QED) is 0.745. The van der Waals surface area contributed by atoms with Crippen molar-refractivity contribution in [1.29, 1.82) is 0 Å². The molecule has 0 aliphatic carbocycles. The number of nitrogens with zero attached hydrogens (tertiary/aromatic N) is 4. The van der Waals surface area contributed by atoms with Crippen LogP contribution in [0.1, 0.15) is 19.9 Å². The van der Waals surface area contributed by atoms with Crippen LogP contribution in [-0.2, 0) is 0 Å². The van der Waals surface area contributed by atoms with E-state index in [9.17, 15) is 4.39 Å². The lowest BCUT2D eigenvalue weighted by Gasteiger charge is -2.12. The lowest BCUT2D eigenvalue weighted by atomic mass is 10.3. The highest BCUT2D eigenvalue weighted by atomic mass is 35.5. The Morgan fingerprint density at radius 1 is 1.29 bits per heavy atom. The summed E-state index contributed by atoms with van der Waals surface area (Å²) in [5, 5.41) is 3.18. The molecule has 3 rings (SSSR count). The minimum atomic E-state index is -0.492. The number of hydrogen-bond acceptors (Lipinski definition) is 4. The molecule has 1 N–H and O–H groups in total. The molecule has 7 heteroatoms. The maximum atomic E-state index is 13.8. The highest BCUT2D eigenvalue weighted by molar-refractivity contribution is 6.29. The lowest BCUT2D eigenvalue weighted by Crippen LogP contribution is -2.03. The summed E-state index contributed by atoms with van der Waals surface area (Å²) in [6, 6.07) is 3.45. The summed E-state index contributed by atoms with van der Waals surface area (Å²) in [7, 11) is 0. The van der Waals surface area contributed by atoms with E-state index in [-0.39, 0.29) is 16.9 Å². The van der Waals surface area contributed by atoms with Gasteiger partial charge < -0.3 is 9.88 Å². The third-order valence-electron chi connectivity index (χ3n) is 3.11. The van der Waals surface area contributed by atoms with Gasteiger partial charge in [0.15, 0.2) is 11.6 Å². The van der Waals surface area contributed by atoms with Crippen LogP contribution < -0.4 is 5.32 Å². The van der Waals surface area contributed by atoms with Gasteiger partial charge in [-0.25, -0.2) is 19.3 Å². The van der Waals surface area contributed by atoms with E-state index < -0.39 is 5.82 Å². The Kier molecular flexibility index (Phi) is 3.47. The van der Waals surface area contributed by atoms with E-state index in [4.69, 9.17) is 11.6 Å². The molecule has 0 radical (unpaired) electrons. The van der Waals surface area contributed by atoms with Crippen LogP contribution >= 0.6 is 11.6 Å². The van der Waals surface area contributed by atoms with E-state index in [0.29, 0.717) is 5.82 Å².